The molecule has 0 radical (unpaired) electrons. The lowest BCUT2D eigenvalue weighted by Crippen LogP contribution is -2.19. The van der Waals surface area contributed by atoms with Crippen LogP contribution in [0.15, 0.2) is 121 Å². The number of aromatic amines is 4. The second kappa shape index (κ2) is 17.3. The highest BCUT2D eigenvalue weighted by atomic mass is 16.5. The lowest BCUT2D eigenvalue weighted by molar-refractivity contribution is 0.355. The van der Waals surface area contributed by atoms with E-state index in [2.05, 4.69) is 68.5 Å². The Bertz CT molecular complexity index is 2870. The van der Waals surface area contributed by atoms with Gasteiger partial charge in [-0.1, -0.05) is 24.3 Å². The van der Waals surface area contributed by atoms with Gasteiger partial charge in [0.05, 0.1) is 56.9 Å². The number of ether oxygens (including phenoxy) is 8. The Morgan fingerprint density at radius 2 is 0.453 bits per heavy atom. The summed E-state index contributed by atoms with van der Waals surface area (Å²) in [4.78, 5) is 15.3. The van der Waals surface area contributed by atoms with Gasteiger partial charge in [0.2, 0.25) is 0 Å². The van der Waals surface area contributed by atoms with Crippen LogP contribution in [0.25, 0.3) is 22.3 Å². The van der Waals surface area contributed by atoms with Gasteiger partial charge in [-0.15, -0.1) is 0 Å². The number of nitrogens with one attached hydrogen (secondary N) is 4. The van der Waals surface area contributed by atoms with E-state index in [-0.39, 0.29) is 0 Å². The standard InChI is InChI=1S/C52H48N4O8/c1-57-41-21-9-29(25-45(41)61-5)49-33-13-15-35(53-33)50(30-10-22-42(58-2)46(26-30)62-6)37-17-19-39(55-37)52(32-12-24-44(60-4)48(28-32)64-8)40-20-18-38(56-40)51(36-16-14-34(49)54-36)31-11-23-43(59-3)47(27-31)63-7/h9-28,53-56H,1-8H3. The molecule has 64 heavy (non-hydrogen) atoms. The molecule has 0 saturated heterocycles. The summed E-state index contributed by atoms with van der Waals surface area (Å²) in [5, 5.41) is 3.44. The van der Waals surface area contributed by atoms with Crippen LogP contribution in [0.1, 0.15) is 45.0 Å². The first-order chi connectivity index (χ1) is 31.3. The van der Waals surface area contributed by atoms with Gasteiger partial charge in [-0.2, -0.15) is 0 Å². The topological polar surface area (TPSA) is 137 Å². The molecule has 4 aromatic heterocycles. The van der Waals surface area contributed by atoms with Gasteiger partial charge < -0.3 is 57.8 Å². The maximum Gasteiger partial charge on any atom is 0.161 e. The number of hydrogen-bond acceptors (Lipinski definition) is 8. The molecule has 0 fully saturated rings. The number of aromatic nitrogens is 4. The van der Waals surface area contributed by atoms with E-state index >= 15 is 0 Å². The Labute approximate surface area is 369 Å². The Hall–Kier alpha value is -8.12. The number of benzene rings is 4. The van der Waals surface area contributed by atoms with Gasteiger partial charge in [-0.25, -0.2) is 0 Å². The third-order valence-electron chi connectivity index (χ3n) is 11.6. The van der Waals surface area contributed by atoms with Crippen LogP contribution in [0, 0.1) is 0 Å². The van der Waals surface area contributed by atoms with Crippen LogP contribution in [-0.4, -0.2) is 76.8 Å². The van der Waals surface area contributed by atoms with Crippen LogP contribution in [0.3, 0.4) is 0 Å². The van der Waals surface area contributed by atoms with E-state index < -0.39 is 0 Å². The van der Waals surface area contributed by atoms with E-state index in [1.807, 2.05) is 72.8 Å². The monoisotopic (exact) mass is 856 g/mol. The average molecular weight is 857 g/mol. The highest BCUT2D eigenvalue weighted by Gasteiger charge is 2.21. The Balaban J connectivity index is 1.43. The predicted octanol–water partition coefficient (Wildman–Crippen LogP) is 6.37. The second-order valence-corrected chi connectivity index (χ2v) is 14.9. The minimum Gasteiger partial charge on any atom is -0.493 e. The quantitative estimate of drug-likeness (QED) is 0.111. The molecule has 324 valence electrons. The number of rotatable bonds is 12. The molecule has 5 heterocycles. The first-order valence-electron chi connectivity index (χ1n) is 20.5. The van der Waals surface area contributed by atoms with Gasteiger partial charge in [0.15, 0.2) is 46.0 Å². The summed E-state index contributed by atoms with van der Waals surface area (Å²) in [6, 6.07) is 40.6. The van der Waals surface area contributed by atoms with Crippen LogP contribution in [-0.2, 0) is 0 Å². The van der Waals surface area contributed by atoms with Gasteiger partial charge in [-0.3, -0.25) is 0 Å². The molecule has 9 rings (SSSR count). The highest BCUT2D eigenvalue weighted by Crippen LogP contribution is 2.37. The summed E-state index contributed by atoms with van der Waals surface area (Å²) < 4.78 is 46.0. The molecular formula is C52H48N4O8. The van der Waals surface area contributed by atoms with Crippen molar-refractivity contribution in [3.8, 4) is 46.0 Å². The molecule has 0 unspecified atom stereocenters. The molecule has 0 saturated carbocycles. The summed E-state index contributed by atoms with van der Waals surface area (Å²) in [5.41, 5.74) is 10.7. The summed E-state index contributed by atoms with van der Waals surface area (Å²) >= 11 is 0. The smallest absolute Gasteiger partial charge is 0.161 e. The number of H-pyrrole nitrogens is 4. The zero-order valence-electron chi connectivity index (χ0n) is 36.8. The van der Waals surface area contributed by atoms with Gasteiger partial charge in [-0.05, 0) is 119 Å². The van der Waals surface area contributed by atoms with Crippen LogP contribution in [0.4, 0.5) is 0 Å². The minimum absolute atomic E-state index is 0.604. The lowest BCUT2D eigenvalue weighted by Gasteiger charge is -2.13. The summed E-state index contributed by atoms with van der Waals surface area (Å²) in [6.45, 7) is 0. The third-order valence-corrected chi connectivity index (χ3v) is 11.6. The van der Waals surface area contributed by atoms with Gasteiger partial charge in [0.1, 0.15) is 0 Å². The summed E-state index contributed by atoms with van der Waals surface area (Å²) in [7, 11) is 13.1. The maximum atomic E-state index is 5.83. The zero-order chi connectivity index (χ0) is 44.5. The van der Waals surface area contributed by atoms with Crippen molar-refractivity contribution >= 4 is 22.3 Å². The molecule has 0 amide bonds. The minimum atomic E-state index is 0.604. The fourth-order valence-electron chi connectivity index (χ4n) is 8.54. The van der Waals surface area contributed by atoms with Gasteiger partial charge in [0.25, 0.3) is 0 Å². The van der Waals surface area contributed by atoms with Crippen molar-refractivity contribution in [1.29, 1.82) is 0 Å². The fourth-order valence-corrected chi connectivity index (χ4v) is 8.54. The van der Waals surface area contributed by atoms with Gasteiger partial charge in [0, 0.05) is 66.5 Å². The van der Waals surface area contributed by atoms with Crippen LogP contribution in [0.2, 0.25) is 0 Å². The normalized spacial score (nSPS) is 12.2. The van der Waals surface area contributed by atoms with Crippen molar-refractivity contribution in [2.75, 3.05) is 56.9 Å². The van der Waals surface area contributed by atoms with Gasteiger partial charge >= 0.3 is 0 Å². The molecule has 1 aliphatic heterocycles. The second-order valence-electron chi connectivity index (χ2n) is 14.9. The van der Waals surface area contributed by atoms with E-state index in [9.17, 15) is 0 Å². The van der Waals surface area contributed by atoms with E-state index in [0.717, 1.165) is 88.7 Å². The molecule has 0 atom stereocenters. The number of hydrogen-bond donors (Lipinski definition) is 4. The lowest BCUT2D eigenvalue weighted by atomic mass is 10.0. The highest BCUT2D eigenvalue weighted by molar-refractivity contribution is 5.86. The fraction of sp³-hybridized carbons (Fsp3) is 0.154. The first-order valence-corrected chi connectivity index (χ1v) is 20.5. The molecule has 12 heteroatoms. The van der Waals surface area contributed by atoms with E-state index in [4.69, 9.17) is 37.9 Å². The van der Waals surface area contributed by atoms with Crippen molar-refractivity contribution in [3.05, 3.63) is 188 Å². The molecule has 0 aliphatic carbocycles. The molecule has 12 nitrogen and oxygen atoms in total. The van der Waals surface area contributed by atoms with Crippen molar-refractivity contribution in [3.63, 3.8) is 0 Å². The van der Waals surface area contributed by atoms with E-state index in [1.165, 1.54) is 0 Å². The Morgan fingerprint density at radius 3 is 0.656 bits per heavy atom. The molecule has 1 aliphatic rings. The maximum absolute atomic E-state index is 5.83. The first kappa shape index (κ1) is 41.2. The molecule has 4 aromatic carbocycles. The SMILES string of the molecule is COc1ccc(C2=c3ccc([nH]3)=C(c3ccc(OC)c(OC)c3)c3ccc([nH]3)C(c3ccc(OC)c(OC)c3)=c3ccc([nH]3)=C(c3ccc(OC)c(OC)c3)c3ccc2[nH]3)cc1OC. The molecule has 8 aromatic rings. The van der Waals surface area contributed by atoms with E-state index in [1.54, 1.807) is 56.9 Å². The van der Waals surface area contributed by atoms with Crippen molar-refractivity contribution in [2.45, 2.75) is 0 Å². The molecule has 0 spiro atoms. The molecule has 8 bridgehead atoms. The number of methoxy groups -OCH3 is 8. The number of fused-ring (bicyclic) bond motifs is 8. The van der Waals surface area contributed by atoms with Crippen molar-refractivity contribution < 1.29 is 37.9 Å². The summed E-state index contributed by atoms with van der Waals surface area (Å²) in [5.74, 6) is 4.92. The Morgan fingerprint density at radius 1 is 0.234 bits per heavy atom. The van der Waals surface area contributed by atoms with Crippen LogP contribution in [0.5, 0.6) is 46.0 Å². The predicted molar refractivity (Wildman–Crippen MR) is 246 cm³/mol. The molecule has 4 N–H and O–H groups in total. The van der Waals surface area contributed by atoms with Crippen molar-refractivity contribution in [1.82, 2.24) is 19.9 Å². The van der Waals surface area contributed by atoms with E-state index in [0.29, 0.717) is 46.0 Å². The molecular weight excluding hydrogens is 809 g/mol. The van der Waals surface area contributed by atoms with Crippen LogP contribution < -0.4 is 59.3 Å². The largest absolute Gasteiger partial charge is 0.493 e. The van der Waals surface area contributed by atoms with Crippen LogP contribution >= 0.6 is 0 Å². The Kier molecular flexibility index (Phi) is 11.2. The zero-order valence-corrected chi connectivity index (χ0v) is 36.8. The van der Waals surface area contributed by atoms with Crippen molar-refractivity contribution in [2.24, 2.45) is 0 Å². The summed E-state index contributed by atoms with van der Waals surface area (Å²) in [6.07, 6.45) is 0. The average Bonchev–Trinajstić information content (AvgIpc) is 4.19. The third kappa shape index (κ3) is 7.28.